The highest BCUT2D eigenvalue weighted by atomic mass is 32.1. The first kappa shape index (κ1) is 7.37. The summed E-state index contributed by atoms with van der Waals surface area (Å²) < 4.78 is 2.30. The fraction of sp³-hybridized carbons (Fsp3) is 0.750. The molecule has 11 heavy (non-hydrogen) atoms. The van der Waals surface area contributed by atoms with Gasteiger partial charge >= 0.3 is 0 Å². The van der Waals surface area contributed by atoms with Crippen molar-refractivity contribution in [2.45, 2.75) is 12.8 Å². The molecule has 0 unspecified atom stereocenters. The highest BCUT2D eigenvalue weighted by molar-refractivity contribution is 7.07. The lowest BCUT2D eigenvalue weighted by molar-refractivity contribution is 0.352. The van der Waals surface area contributed by atoms with E-state index in [0.29, 0.717) is 0 Å². The van der Waals surface area contributed by atoms with Crippen LogP contribution < -0.4 is 0 Å². The maximum atomic E-state index is 2.41. The SMILES string of the molecule is CN1CCc2sn(C)c2CC1. The van der Waals surface area contributed by atoms with E-state index in [1.54, 1.807) is 10.6 Å². The molecule has 2 rings (SSSR count). The van der Waals surface area contributed by atoms with E-state index in [9.17, 15) is 0 Å². The highest BCUT2D eigenvalue weighted by Crippen LogP contribution is 2.23. The van der Waals surface area contributed by atoms with Gasteiger partial charge in [0.15, 0.2) is 0 Å². The molecule has 0 saturated heterocycles. The van der Waals surface area contributed by atoms with E-state index in [0.717, 1.165) is 0 Å². The second kappa shape index (κ2) is 2.64. The van der Waals surface area contributed by atoms with Crippen molar-refractivity contribution in [3.8, 4) is 0 Å². The molecule has 2 nitrogen and oxygen atoms in total. The molecule has 0 spiro atoms. The van der Waals surface area contributed by atoms with Gasteiger partial charge in [0.25, 0.3) is 0 Å². The molecule has 1 aromatic rings. The Morgan fingerprint density at radius 3 is 2.64 bits per heavy atom. The highest BCUT2D eigenvalue weighted by Gasteiger charge is 2.16. The van der Waals surface area contributed by atoms with E-state index < -0.39 is 0 Å². The number of nitrogens with zero attached hydrogens (tertiary/aromatic N) is 2. The topological polar surface area (TPSA) is 8.17 Å². The van der Waals surface area contributed by atoms with Crippen LogP contribution in [-0.2, 0) is 19.9 Å². The molecule has 0 amide bonds. The zero-order valence-electron chi connectivity index (χ0n) is 7.13. The Hall–Kier alpha value is -0.280. The molecule has 0 bridgehead atoms. The Bertz CT molecular complexity index is 249. The Balaban J connectivity index is 2.15. The van der Waals surface area contributed by atoms with Crippen LogP contribution in [0.1, 0.15) is 10.6 Å². The van der Waals surface area contributed by atoms with Crippen molar-refractivity contribution < 1.29 is 0 Å². The molecule has 0 aliphatic carbocycles. The fourth-order valence-corrected chi connectivity index (χ4v) is 2.63. The molecule has 1 aliphatic heterocycles. The van der Waals surface area contributed by atoms with Gasteiger partial charge in [-0.15, -0.1) is 0 Å². The van der Waals surface area contributed by atoms with Crippen LogP contribution in [0.3, 0.4) is 0 Å². The van der Waals surface area contributed by atoms with Crippen LogP contribution in [0, 0.1) is 0 Å². The van der Waals surface area contributed by atoms with Crippen LogP contribution in [0.25, 0.3) is 0 Å². The average molecular weight is 170 g/mol. The third-order valence-corrected chi connectivity index (χ3v) is 3.55. The van der Waals surface area contributed by atoms with Crippen LogP contribution in [0.2, 0.25) is 0 Å². The molecule has 0 radical (unpaired) electrons. The van der Waals surface area contributed by atoms with Gasteiger partial charge < -0.3 is 8.86 Å². The lowest BCUT2D eigenvalue weighted by Crippen LogP contribution is -2.20. The van der Waals surface area contributed by atoms with Crippen molar-refractivity contribution >= 4 is 11.5 Å². The van der Waals surface area contributed by atoms with Gasteiger partial charge in [-0.25, -0.2) is 0 Å². The summed E-state index contributed by atoms with van der Waals surface area (Å²) in [5.74, 6) is 0. The molecule has 0 atom stereocenters. The Morgan fingerprint density at radius 1 is 1.18 bits per heavy atom. The number of aryl methyl sites for hydroxylation is 1. The van der Waals surface area contributed by atoms with Gasteiger partial charge in [-0.1, -0.05) is 11.5 Å². The van der Waals surface area contributed by atoms with Crippen LogP contribution in [-0.4, -0.2) is 29.0 Å². The number of fused-ring (bicyclic) bond motifs is 1. The molecule has 0 saturated carbocycles. The van der Waals surface area contributed by atoms with Crippen LogP contribution in [0.4, 0.5) is 0 Å². The maximum Gasteiger partial charge on any atom is 0.0437 e. The lowest BCUT2D eigenvalue weighted by atomic mass is 10.2. The fourth-order valence-electron chi connectivity index (χ4n) is 1.60. The summed E-state index contributed by atoms with van der Waals surface area (Å²) in [6.07, 6.45) is 2.51. The van der Waals surface area contributed by atoms with Crippen molar-refractivity contribution in [3.63, 3.8) is 0 Å². The normalized spacial score (nSPS) is 19.8. The quantitative estimate of drug-likeness (QED) is 0.566. The summed E-state index contributed by atoms with van der Waals surface area (Å²) in [5.41, 5.74) is 1.58. The second-order valence-corrected chi connectivity index (χ2v) is 4.48. The zero-order chi connectivity index (χ0) is 7.84. The number of hydrogen-bond acceptors (Lipinski definition) is 2. The lowest BCUT2D eigenvalue weighted by Gasteiger charge is -2.14. The summed E-state index contributed by atoms with van der Waals surface area (Å²) >= 11 is 1.91. The van der Waals surface area contributed by atoms with Crippen molar-refractivity contribution in [1.82, 2.24) is 8.86 Å². The smallest absolute Gasteiger partial charge is 0.0437 e. The molecule has 1 aliphatic rings. The van der Waals surface area contributed by atoms with Gasteiger partial charge in [-0.2, -0.15) is 0 Å². The van der Waals surface area contributed by atoms with Crippen LogP contribution in [0.15, 0.2) is 0 Å². The van der Waals surface area contributed by atoms with Gasteiger partial charge in [0.1, 0.15) is 0 Å². The van der Waals surface area contributed by atoms with E-state index in [-0.39, 0.29) is 0 Å². The van der Waals surface area contributed by atoms with E-state index in [4.69, 9.17) is 0 Å². The minimum absolute atomic E-state index is 1.23. The average Bonchev–Trinajstić information content (AvgIpc) is 2.09. The Morgan fingerprint density at radius 2 is 1.91 bits per heavy atom. The van der Waals surface area contributed by atoms with Crippen molar-refractivity contribution in [1.29, 1.82) is 0 Å². The summed E-state index contributed by atoms with van der Waals surface area (Å²) in [6, 6.07) is 0. The monoisotopic (exact) mass is 170 g/mol. The predicted molar refractivity (Wildman–Crippen MR) is 48.2 cm³/mol. The molecule has 2 heterocycles. The first-order valence-corrected chi connectivity index (χ1v) is 4.87. The molecule has 62 valence electrons. The van der Waals surface area contributed by atoms with Crippen molar-refractivity contribution in [2.75, 3.05) is 20.1 Å². The summed E-state index contributed by atoms with van der Waals surface area (Å²) in [6.45, 7) is 2.46. The predicted octanol–water partition coefficient (Wildman–Crippen LogP) is 1.12. The first-order chi connectivity index (χ1) is 5.27. The minimum atomic E-state index is 1.23. The number of likely N-dealkylation sites (N-methyl/N-ethyl adjacent to an activating group) is 1. The third-order valence-electron chi connectivity index (χ3n) is 2.40. The largest absolute Gasteiger partial charge is 0.306 e. The van der Waals surface area contributed by atoms with Gasteiger partial charge in [0, 0.05) is 37.1 Å². The molecule has 3 heteroatoms. The van der Waals surface area contributed by atoms with E-state index in [1.165, 1.54) is 25.9 Å². The third kappa shape index (κ3) is 1.23. The molecule has 1 aromatic heterocycles. The van der Waals surface area contributed by atoms with E-state index in [2.05, 4.69) is 23.0 Å². The van der Waals surface area contributed by atoms with E-state index in [1.807, 2.05) is 11.5 Å². The van der Waals surface area contributed by atoms with E-state index >= 15 is 0 Å². The van der Waals surface area contributed by atoms with Gasteiger partial charge in [-0.05, 0) is 13.5 Å². The van der Waals surface area contributed by atoms with Crippen LogP contribution >= 0.6 is 11.5 Å². The molecule has 0 aromatic carbocycles. The summed E-state index contributed by atoms with van der Waals surface area (Å²) in [5, 5.41) is 0. The Labute approximate surface area is 71.6 Å². The van der Waals surface area contributed by atoms with Gasteiger partial charge in [0.05, 0.1) is 0 Å². The minimum Gasteiger partial charge on any atom is -0.306 e. The standard InChI is InChI=1S/C8H14N2S/c1-9-5-3-7-8(4-6-9)11-10(7)2/h3-6H2,1-2H3. The molecular formula is C8H14N2S. The van der Waals surface area contributed by atoms with Gasteiger partial charge in [0.2, 0.25) is 0 Å². The first-order valence-electron chi connectivity index (χ1n) is 4.09. The summed E-state index contributed by atoms with van der Waals surface area (Å²) in [4.78, 5) is 4.03. The second-order valence-electron chi connectivity index (χ2n) is 3.26. The Kier molecular flexibility index (Phi) is 1.77. The van der Waals surface area contributed by atoms with Crippen molar-refractivity contribution in [2.24, 2.45) is 7.05 Å². The van der Waals surface area contributed by atoms with Crippen molar-refractivity contribution in [3.05, 3.63) is 10.6 Å². The number of hydrogen-bond donors (Lipinski definition) is 0. The van der Waals surface area contributed by atoms with Crippen LogP contribution in [0.5, 0.6) is 0 Å². The molecular weight excluding hydrogens is 156 g/mol. The zero-order valence-corrected chi connectivity index (χ0v) is 7.95. The summed E-state index contributed by atoms with van der Waals surface area (Å²) in [7, 11) is 4.37. The molecule has 0 N–H and O–H groups in total. The molecule has 0 fully saturated rings. The number of rotatable bonds is 0. The number of aromatic nitrogens is 1. The van der Waals surface area contributed by atoms with Gasteiger partial charge in [-0.3, -0.25) is 0 Å². The maximum absolute atomic E-state index is 2.41.